The molecular formula is C23H37NO2. The molecule has 146 valence electrons. The van der Waals surface area contributed by atoms with E-state index in [4.69, 9.17) is 0 Å². The van der Waals surface area contributed by atoms with E-state index in [1.165, 1.54) is 0 Å². The maximum atomic E-state index is 13.0. The van der Waals surface area contributed by atoms with Crippen LogP contribution < -0.4 is 0 Å². The average Bonchev–Trinajstić information content (AvgIpc) is 2.43. The van der Waals surface area contributed by atoms with Crippen molar-refractivity contribution in [1.82, 2.24) is 0 Å². The summed E-state index contributed by atoms with van der Waals surface area (Å²) in [4.78, 5) is 13.0. The molecule has 0 atom stereocenters. The summed E-state index contributed by atoms with van der Waals surface area (Å²) in [6.45, 7) is 20.5. The topological polar surface area (TPSA) is 43.1 Å². The number of hydrogen-bond acceptors (Lipinski definition) is 2. The Bertz CT molecular complexity index is 657. The van der Waals surface area contributed by atoms with Gasteiger partial charge in [0.1, 0.15) is 0 Å². The molecule has 1 aromatic rings. The van der Waals surface area contributed by atoms with Crippen LogP contribution in [0, 0.1) is 5.21 Å². The Kier molecular flexibility index (Phi) is 6.50. The molecule has 3 nitrogen and oxygen atoms in total. The van der Waals surface area contributed by atoms with Gasteiger partial charge < -0.3 is 5.21 Å². The molecule has 1 aromatic carbocycles. The predicted molar refractivity (Wildman–Crippen MR) is 112 cm³/mol. The van der Waals surface area contributed by atoms with Crippen LogP contribution in [0.15, 0.2) is 12.1 Å². The Labute approximate surface area is 160 Å². The summed E-state index contributed by atoms with van der Waals surface area (Å²) < 4.78 is 0.995. The van der Waals surface area contributed by atoms with Crippen molar-refractivity contribution in [2.75, 3.05) is 0 Å². The zero-order chi connectivity index (χ0) is 20.5. The maximum Gasteiger partial charge on any atom is 0.182 e. The number of carbonyl (C=O) groups excluding carboxylic acids is 1. The van der Waals surface area contributed by atoms with Crippen molar-refractivity contribution in [2.24, 2.45) is 0 Å². The van der Waals surface area contributed by atoms with E-state index in [1.54, 1.807) is 6.21 Å². The van der Waals surface area contributed by atoms with Crippen molar-refractivity contribution < 1.29 is 9.53 Å². The molecule has 1 rings (SSSR count). The van der Waals surface area contributed by atoms with Gasteiger partial charge in [0.2, 0.25) is 0 Å². The molecule has 0 aliphatic carbocycles. The summed E-state index contributed by atoms with van der Waals surface area (Å²) in [5.41, 5.74) is 2.89. The molecule has 0 aliphatic rings. The first kappa shape index (κ1) is 22.4. The number of hydrogen-bond donors (Lipinski definition) is 0. The lowest BCUT2D eigenvalue weighted by atomic mass is 9.74. The van der Waals surface area contributed by atoms with Gasteiger partial charge in [0, 0.05) is 38.3 Å². The van der Waals surface area contributed by atoms with Crippen LogP contribution in [-0.4, -0.2) is 22.3 Å². The quantitative estimate of drug-likeness (QED) is 0.218. The minimum absolute atomic E-state index is 0.183. The first-order valence-electron chi connectivity index (χ1n) is 9.62. The molecule has 0 saturated heterocycles. The van der Waals surface area contributed by atoms with E-state index in [2.05, 4.69) is 41.5 Å². The fraction of sp³-hybridized carbons (Fsp3) is 0.652. The van der Waals surface area contributed by atoms with Gasteiger partial charge in [-0.25, -0.2) is 4.74 Å². The first-order chi connectivity index (χ1) is 11.6. The van der Waals surface area contributed by atoms with Gasteiger partial charge in [-0.2, -0.15) is 0 Å². The van der Waals surface area contributed by atoms with E-state index < -0.39 is 5.54 Å². The summed E-state index contributed by atoms with van der Waals surface area (Å²) in [5.74, 6) is 0.198. The molecule has 0 aromatic heterocycles. The van der Waals surface area contributed by atoms with Crippen LogP contribution in [0.5, 0.6) is 0 Å². The number of rotatable bonds is 4. The molecule has 0 N–H and O–H groups in total. The highest BCUT2D eigenvalue weighted by Crippen LogP contribution is 2.36. The zero-order valence-electron chi connectivity index (χ0n) is 18.4. The SMILES string of the molecule is CCCC(=O)c1c(C(C)(C)C)cc(C=[N+]([O-])C(C)(C)C)cc1C(C)(C)C. The molecule has 0 spiro atoms. The third kappa shape index (κ3) is 5.43. The monoisotopic (exact) mass is 359 g/mol. The molecule has 26 heavy (non-hydrogen) atoms. The van der Waals surface area contributed by atoms with E-state index in [9.17, 15) is 10.0 Å². The van der Waals surface area contributed by atoms with Crippen molar-refractivity contribution in [3.05, 3.63) is 39.6 Å². The van der Waals surface area contributed by atoms with Crippen molar-refractivity contribution >= 4 is 12.0 Å². The molecular weight excluding hydrogens is 322 g/mol. The molecule has 0 amide bonds. The Hall–Kier alpha value is -1.64. The molecule has 0 saturated carbocycles. The minimum atomic E-state index is -0.500. The van der Waals surface area contributed by atoms with E-state index in [0.717, 1.165) is 33.4 Å². The number of carbonyl (C=O) groups is 1. The van der Waals surface area contributed by atoms with Crippen LogP contribution in [0.1, 0.15) is 109 Å². The lowest BCUT2D eigenvalue weighted by molar-refractivity contribution is -0.530. The molecule has 0 bridgehead atoms. The Morgan fingerprint density at radius 3 is 1.69 bits per heavy atom. The largest absolute Gasteiger partial charge is 0.623 e. The normalized spacial score (nSPS) is 13.8. The highest BCUT2D eigenvalue weighted by Gasteiger charge is 2.30. The molecule has 0 aliphatic heterocycles. The lowest BCUT2D eigenvalue weighted by Gasteiger charge is -2.30. The summed E-state index contributed by atoms with van der Waals surface area (Å²) in [5, 5.41) is 12.5. The Morgan fingerprint density at radius 1 is 0.962 bits per heavy atom. The van der Waals surface area contributed by atoms with Crippen LogP contribution in [0.3, 0.4) is 0 Å². The van der Waals surface area contributed by atoms with Gasteiger partial charge in [-0.1, -0.05) is 48.5 Å². The van der Waals surface area contributed by atoms with Gasteiger partial charge in [-0.15, -0.1) is 0 Å². The first-order valence-corrected chi connectivity index (χ1v) is 9.62. The fourth-order valence-corrected chi connectivity index (χ4v) is 2.90. The summed E-state index contributed by atoms with van der Waals surface area (Å²) >= 11 is 0. The third-order valence-electron chi connectivity index (χ3n) is 4.46. The fourth-order valence-electron chi connectivity index (χ4n) is 2.90. The van der Waals surface area contributed by atoms with Gasteiger partial charge in [0.15, 0.2) is 17.5 Å². The maximum absolute atomic E-state index is 13.0. The van der Waals surface area contributed by atoms with Gasteiger partial charge in [0.05, 0.1) is 0 Å². The molecule has 0 radical (unpaired) electrons. The van der Waals surface area contributed by atoms with Crippen molar-refractivity contribution in [3.8, 4) is 0 Å². The van der Waals surface area contributed by atoms with E-state index in [0.29, 0.717) is 6.42 Å². The highest BCUT2D eigenvalue weighted by molar-refractivity contribution is 6.00. The average molecular weight is 360 g/mol. The summed E-state index contributed by atoms with van der Waals surface area (Å²) in [6, 6.07) is 4.05. The van der Waals surface area contributed by atoms with Crippen LogP contribution in [-0.2, 0) is 10.8 Å². The Morgan fingerprint density at radius 2 is 1.38 bits per heavy atom. The Balaban J connectivity index is 3.84. The number of Topliss-reactive ketones (excluding diaryl/α,β-unsaturated/α-hetero) is 1. The van der Waals surface area contributed by atoms with Gasteiger partial charge in [0.25, 0.3) is 0 Å². The standard InChI is InChI=1S/C23H37NO2/c1-11-12-19(25)20-17(21(2,3)4)13-16(14-18(20)22(5,6)7)15-24(26)23(8,9)10/h13-15H,11-12H2,1-10H3. The van der Waals surface area contributed by atoms with E-state index >= 15 is 0 Å². The molecule has 0 fully saturated rings. The molecule has 0 unspecified atom stereocenters. The van der Waals surface area contributed by atoms with Crippen LogP contribution >= 0.6 is 0 Å². The van der Waals surface area contributed by atoms with Gasteiger partial charge in [-0.05, 0) is 40.5 Å². The number of hydroxylamine groups is 1. The predicted octanol–water partition coefficient (Wildman–Crippen LogP) is 5.99. The van der Waals surface area contributed by atoms with E-state index in [1.807, 2.05) is 39.8 Å². The second kappa shape index (κ2) is 7.54. The summed E-state index contributed by atoms with van der Waals surface area (Å²) in [6.07, 6.45) is 3.03. The lowest BCUT2D eigenvalue weighted by Crippen LogP contribution is -2.30. The highest BCUT2D eigenvalue weighted by atomic mass is 16.5. The third-order valence-corrected chi connectivity index (χ3v) is 4.46. The van der Waals surface area contributed by atoms with Crippen LogP contribution in [0.4, 0.5) is 0 Å². The molecule has 3 heteroatoms. The zero-order valence-corrected chi connectivity index (χ0v) is 18.4. The number of ketones is 1. The second-order valence-corrected chi connectivity index (χ2v) is 10.3. The van der Waals surface area contributed by atoms with Crippen molar-refractivity contribution in [3.63, 3.8) is 0 Å². The van der Waals surface area contributed by atoms with Gasteiger partial charge in [-0.3, -0.25) is 4.79 Å². The minimum Gasteiger partial charge on any atom is -0.623 e. The van der Waals surface area contributed by atoms with Crippen LogP contribution in [0.25, 0.3) is 0 Å². The van der Waals surface area contributed by atoms with Crippen molar-refractivity contribution in [2.45, 2.75) is 98.4 Å². The number of benzene rings is 1. The van der Waals surface area contributed by atoms with Gasteiger partial charge >= 0.3 is 0 Å². The second-order valence-electron chi connectivity index (χ2n) is 10.3. The van der Waals surface area contributed by atoms with E-state index in [-0.39, 0.29) is 16.6 Å². The number of nitrogens with zero attached hydrogens (tertiary/aromatic N) is 1. The van der Waals surface area contributed by atoms with Crippen molar-refractivity contribution in [1.29, 1.82) is 0 Å². The molecule has 0 heterocycles. The smallest absolute Gasteiger partial charge is 0.182 e. The van der Waals surface area contributed by atoms with Crippen LogP contribution in [0.2, 0.25) is 0 Å². The summed E-state index contributed by atoms with van der Waals surface area (Å²) in [7, 11) is 0.